The third-order valence-corrected chi connectivity index (χ3v) is 2.86. The molecule has 0 heterocycles. The quantitative estimate of drug-likeness (QED) is 0.776. The molecule has 0 fully saturated rings. The Labute approximate surface area is 99.4 Å². The fourth-order valence-electron chi connectivity index (χ4n) is 0.776. The van der Waals surface area contributed by atoms with E-state index in [-0.39, 0.29) is 0 Å². The molecule has 0 unspecified atom stereocenters. The van der Waals surface area contributed by atoms with E-state index in [1.807, 2.05) is 18.2 Å². The van der Waals surface area contributed by atoms with E-state index in [9.17, 15) is 0 Å². The van der Waals surface area contributed by atoms with Crippen molar-refractivity contribution in [2.24, 2.45) is 0 Å². The Morgan fingerprint density at radius 1 is 1.38 bits per heavy atom. The molecular formula is C8H8Br2N2S. The van der Waals surface area contributed by atoms with Gasteiger partial charge in [0.2, 0.25) is 0 Å². The molecule has 0 amide bonds. The summed E-state index contributed by atoms with van der Waals surface area (Å²) in [5.74, 6) is 0. The van der Waals surface area contributed by atoms with Crippen LogP contribution in [0.25, 0.3) is 0 Å². The molecule has 0 saturated carbocycles. The number of nitrogens with one attached hydrogen (secondary N) is 2. The molecule has 0 atom stereocenters. The summed E-state index contributed by atoms with van der Waals surface area (Å²) in [7, 11) is 1.78. The van der Waals surface area contributed by atoms with Crippen molar-refractivity contribution in [3.8, 4) is 0 Å². The van der Waals surface area contributed by atoms with Gasteiger partial charge in [0, 0.05) is 16.0 Å². The Balaban J connectivity index is 2.83. The van der Waals surface area contributed by atoms with Crippen molar-refractivity contribution in [2.45, 2.75) is 0 Å². The minimum atomic E-state index is 0.600. The van der Waals surface area contributed by atoms with Crippen LogP contribution in [-0.4, -0.2) is 12.2 Å². The maximum absolute atomic E-state index is 4.97. The van der Waals surface area contributed by atoms with Gasteiger partial charge in [0.15, 0.2) is 5.11 Å². The number of halogens is 2. The lowest BCUT2D eigenvalue weighted by Crippen LogP contribution is -2.24. The summed E-state index contributed by atoms with van der Waals surface area (Å²) >= 11 is 11.8. The van der Waals surface area contributed by atoms with Crippen LogP contribution in [0.4, 0.5) is 5.69 Å². The fraction of sp³-hybridized carbons (Fsp3) is 0.125. The molecule has 0 aromatic heterocycles. The zero-order valence-electron chi connectivity index (χ0n) is 6.90. The van der Waals surface area contributed by atoms with Gasteiger partial charge in [0.25, 0.3) is 0 Å². The van der Waals surface area contributed by atoms with Gasteiger partial charge in [-0.2, -0.15) is 0 Å². The van der Waals surface area contributed by atoms with Crippen molar-refractivity contribution in [2.75, 3.05) is 12.4 Å². The normalized spacial score (nSPS) is 9.46. The van der Waals surface area contributed by atoms with E-state index in [1.165, 1.54) is 0 Å². The van der Waals surface area contributed by atoms with Crippen molar-refractivity contribution in [1.29, 1.82) is 0 Å². The largest absolute Gasteiger partial charge is 0.366 e. The summed E-state index contributed by atoms with van der Waals surface area (Å²) in [6.07, 6.45) is 0. The van der Waals surface area contributed by atoms with Gasteiger partial charge in [-0.05, 0) is 46.3 Å². The first-order valence-corrected chi connectivity index (χ1v) is 5.56. The highest BCUT2D eigenvalue weighted by Gasteiger charge is 2.00. The molecule has 0 spiro atoms. The van der Waals surface area contributed by atoms with Crippen LogP contribution in [-0.2, 0) is 0 Å². The highest BCUT2D eigenvalue weighted by Crippen LogP contribution is 2.25. The molecule has 0 radical (unpaired) electrons. The summed E-state index contributed by atoms with van der Waals surface area (Å²) in [5, 5.41) is 6.48. The Morgan fingerprint density at radius 2 is 2.08 bits per heavy atom. The molecule has 2 nitrogen and oxygen atoms in total. The van der Waals surface area contributed by atoms with E-state index < -0.39 is 0 Å². The van der Waals surface area contributed by atoms with Gasteiger partial charge in [-0.1, -0.05) is 15.9 Å². The second-order valence-electron chi connectivity index (χ2n) is 2.33. The van der Waals surface area contributed by atoms with Crippen LogP contribution in [0, 0.1) is 0 Å². The maximum Gasteiger partial charge on any atom is 0.170 e. The monoisotopic (exact) mass is 322 g/mol. The Morgan fingerprint density at radius 3 is 2.62 bits per heavy atom. The average Bonchev–Trinajstić information content (AvgIpc) is 2.09. The second kappa shape index (κ2) is 4.93. The topological polar surface area (TPSA) is 24.1 Å². The Hall–Kier alpha value is -0.130. The van der Waals surface area contributed by atoms with Gasteiger partial charge in [-0.25, -0.2) is 0 Å². The van der Waals surface area contributed by atoms with Gasteiger partial charge >= 0.3 is 0 Å². The Kier molecular flexibility index (Phi) is 4.15. The second-order valence-corrected chi connectivity index (χ2v) is 4.51. The minimum absolute atomic E-state index is 0.600. The van der Waals surface area contributed by atoms with Crippen LogP contribution in [0.5, 0.6) is 0 Å². The molecule has 1 aromatic carbocycles. The predicted octanol–water partition coefficient (Wildman–Crippen LogP) is 3.13. The van der Waals surface area contributed by atoms with Gasteiger partial charge in [-0.3, -0.25) is 0 Å². The van der Waals surface area contributed by atoms with Crippen molar-refractivity contribution in [3.05, 3.63) is 27.1 Å². The molecule has 0 aliphatic carbocycles. The average molecular weight is 324 g/mol. The molecule has 70 valence electrons. The molecule has 0 bridgehead atoms. The van der Waals surface area contributed by atoms with E-state index in [2.05, 4.69) is 42.5 Å². The van der Waals surface area contributed by atoms with E-state index in [0.717, 1.165) is 14.6 Å². The van der Waals surface area contributed by atoms with Crippen molar-refractivity contribution >= 4 is 54.9 Å². The van der Waals surface area contributed by atoms with E-state index in [1.54, 1.807) is 7.05 Å². The summed E-state index contributed by atoms with van der Waals surface area (Å²) in [6.45, 7) is 0. The van der Waals surface area contributed by atoms with E-state index in [4.69, 9.17) is 12.2 Å². The zero-order chi connectivity index (χ0) is 9.84. The maximum atomic E-state index is 4.97. The summed E-state index contributed by atoms with van der Waals surface area (Å²) in [5.41, 5.74) is 0.947. The van der Waals surface area contributed by atoms with Crippen molar-refractivity contribution < 1.29 is 0 Å². The van der Waals surface area contributed by atoms with Crippen molar-refractivity contribution in [3.63, 3.8) is 0 Å². The third kappa shape index (κ3) is 3.25. The van der Waals surface area contributed by atoms with Crippen LogP contribution in [0.15, 0.2) is 27.1 Å². The first-order valence-electron chi connectivity index (χ1n) is 3.57. The third-order valence-electron chi connectivity index (χ3n) is 1.41. The molecule has 1 rings (SSSR count). The van der Waals surface area contributed by atoms with E-state index in [0.29, 0.717) is 5.11 Å². The number of anilines is 1. The molecular weight excluding hydrogens is 316 g/mol. The van der Waals surface area contributed by atoms with Crippen LogP contribution in [0.2, 0.25) is 0 Å². The molecule has 5 heteroatoms. The lowest BCUT2D eigenvalue weighted by molar-refractivity contribution is 1.19. The first-order chi connectivity index (χ1) is 6.13. The summed E-state index contributed by atoms with van der Waals surface area (Å²) in [6, 6.07) is 5.85. The minimum Gasteiger partial charge on any atom is -0.366 e. The summed E-state index contributed by atoms with van der Waals surface area (Å²) < 4.78 is 2.00. The molecule has 0 saturated heterocycles. The predicted molar refractivity (Wildman–Crippen MR) is 67.1 cm³/mol. The van der Waals surface area contributed by atoms with Crippen LogP contribution < -0.4 is 10.6 Å². The van der Waals surface area contributed by atoms with Gasteiger partial charge < -0.3 is 10.6 Å². The standard InChI is InChI=1S/C8H8Br2N2S/c1-11-8(13)12-7-3-2-5(9)4-6(7)10/h2-4H,1H3,(H2,11,12,13). The zero-order valence-corrected chi connectivity index (χ0v) is 10.9. The van der Waals surface area contributed by atoms with Gasteiger partial charge in [-0.15, -0.1) is 0 Å². The van der Waals surface area contributed by atoms with Crippen LogP contribution in [0.1, 0.15) is 0 Å². The van der Waals surface area contributed by atoms with Gasteiger partial charge in [0.05, 0.1) is 5.69 Å². The molecule has 0 aliphatic heterocycles. The highest BCUT2D eigenvalue weighted by atomic mass is 79.9. The number of hydrogen-bond donors (Lipinski definition) is 2. The van der Waals surface area contributed by atoms with E-state index >= 15 is 0 Å². The highest BCUT2D eigenvalue weighted by molar-refractivity contribution is 9.11. The van der Waals surface area contributed by atoms with Crippen LogP contribution >= 0.6 is 44.1 Å². The van der Waals surface area contributed by atoms with Crippen LogP contribution in [0.3, 0.4) is 0 Å². The first kappa shape index (κ1) is 10.9. The molecule has 13 heavy (non-hydrogen) atoms. The number of rotatable bonds is 1. The molecule has 2 N–H and O–H groups in total. The fourth-order valence-corrected chi connectivity index (χ4v) is 2.03. The van der Waals surface area contributed by atoms with Gasteiger partial charge in [0.1, 0.15) is 0 Å². The molecule has 0 aliphatic rings. The SMILES string of the molecule is CNC(=S)Nc1ccc(Br)cc1Br. The Bertz CT molecular complexity index is 328. The number of thiocarbonyl (C=S) groups is 1. The number of benzene rings is 1. The van der Waals surface area contributed by atoms with Crippen molar-refractivity contribution in [1.82, 2.24) is 5.32 Å². The number of hydrogen-bond acceptors (Lipinski definition) is 1. The lowest BCUT2D eigenvalue weighted by atomic mass is 10.3. The summed E-state index contributed by atoms with van der Waals surface area (Å²) in [4.78, 5) is 0. The smallest absolute Gasteiger partial charge is 0.170 e. The molecule has 1 aromatic rings. The lowest BCUT2D eigenvalue weighted by Gasteiger charge is -2.08.